The number of carboxylic acid groups (broad SMARTS) is 1. The van der Waals surface area contributed by atoms with Crippen LogP contribution in [0.5, 0.6) is 5.75 Å². The fourth-order valence-corrected chi connectivity index (χ4v) is 4.44. The van der Waals surface area contributed by atoms with E-state index in [9.17, 15) is 19.8 Å². The second kappa shape index (κ2) is 11.3. The number of aliphatic hydroxyl groups is 1. The van der Waals surface area contributed by atoms with Crippen LogP contribution in [0.4, 0.5) is 5.69 Å². The standard InChI is InChI=1S/C26H30N4O5/c1-35-18-6-7-22-21(14-18)19(8-11-27-22)24(31)16-30-12-9-17(10-13-30)28-15-25(32)29-23-5-3-2-4-20(23)26(33)34/h2-8,11,14,17,24,28,31H,9-10,12-13,15-16H2,1H3,(H,29,32)(H,33,34). The zero-order chi connectivity index (χ0) is 24.8. The van der Waals surface area contributed by atoms with Crippen molar-refractivity contribution in [3.63, 3.8) is 0 Å². The number of pyridine rings is 1. The fraction of sp³-hybridized carbons (Fsp3) is 0.346. The van der Waals surface area contributed by atoms with Crippen LogP contribution in [0.15, 0.2) is 54.7 Å². The number of β-amino-alcohol motifs (C(OH)–C–C–N with tert-alkyl or cyclic N) is 1. The largest absolute Gasteiger partial charge is 0.497 e. The van der Waals surface area contributed by atoms with Crippen LogP contribution in [-0.2, 0) is 4.79 Å². The average molecular weight is 479 g/mol. The molecule has 1 amide bonds. The summed E-state index contributed by atoms with van der Waals surface area (Å²) < 4.78 is 5.33. The number of aliphatic hydroxyl groups excluding tert-OH is 1. The van der Waals surface area contributed by atoms with Gasteiger partial charge in [-0.15, -0.1) is 0 Å². The molecule has 0 spiro atoms. The van der Waals surface area contributed by atoms with E-state index in [4.69, 9.17) is 4.74 Å². The number of anilines is 1. The first-order chi connectivity index (χ1) is 16.9. The highest BCUT2D eigenvalue weighted by molar-refractivity contribution is 6.01. The number of fused-ring (bicyclic) bond motifs is 1. The van der Waals surface area contributed by atoms with Crippen molar-refractivity contribution in [3.8, 4) is 5.75 Å². The number of piperidine rings is 1. The molecule has 184 valence electrons. The number of ether oxygens (including phenoxy) is 1. The van der Waals surface area contributed by atoms with Crippen molar-refractivity contribution in [1.82, 2.24) is 15.2 Å². The molecule has 0 bridgehead atoms. The van der Waals surface area contributed by atoms with Crippen molar-refractivity contribution >= 4 is 28.5 Å². The molecule has 1 saturated heterocycles. The normalized spacial score (nSPS) is 15.6. The minimum atomic E-state index is -1.08. The molecule has 1 aliphatic rings. The minimum absolute atomic E-state index is 0.0631. The number of carbonyl (C=O) groups is 2. The maximum atomic E-state index is 12.3. The zero-order valence-corrected chi connectivity index (χ0v) is 19.6. The highest BCUT2D eigenvalue weighted by atomic mass is 16.5. The molecule has 2 aromatic carbocycles. The first-order valence-corrected chi connectivity index (χ1v) is 11.6. The van der Waals surface area contributed by atoms with Crippen molar-refractivity contribution in [3.05, 3.63) is 65.9 Å². The molecule has 2 heterocycles. The van der Waals surface area contributed by atoms with Gasteiger partial charge in [0.15, 0.2) is 0 Å². The number of para-hydroxylation sites is 1. The van der Waals surface area contributed by atoms with Crippen LogP contribution in [0.25, 0.3) is 10.9 Å². The summed E-state index contributed by atoms with van der Waals surface area (Å²) in [4.78, 5) is 30.2. The Morgan fingerprint density at radius 2 is 1.94 bits per heavy atom. The monoisotopic (exact) mass is 478 g/mol. The Morgan fingerprint density at radius 1 is 1.17 bits per heavy atom. The van der Waals surface area contributed by atoms with Crippen LogP contribution < -0.4 is 15.4 Å². The predicted octanol–water partition coefficient (Wildman–Crippen LogP) is 2.67. The lowest BCUT2D eigenvalue weighted by Gasteiger charge is -2.33. The van der Waals surface area contributed by atoms with Gasteiger partial charge in [0.25, 0.3) is 0 Å². The second-order valence-corrected chi connectivity index (χ2v) is 8.65. The van der Waals surface area contributed by atoms with E-state index in [1.165, 1.54) is 6.07 Å². The van der Waals surface area contributed by atoms with E-state index in [0.717, 1.165) is 48.1 Å². The molecule has 3 aromatic rings. The van der Waals surface area contributed by atoms with Crippen molar-refractivity contribution < 1.29 is 24.5 Å². The van der Waals surface area contributed by atoms with Gasteiger partial charge in [0.2, 0.25) is 5.91 Å². The van der Waals surface area contributed by atoms with Crippen molar-refractivity contribution in [2.24, 2.45) is 0 Å². The number of carbonyl (C=O) groups excluding carboxylic acids is 1. The van der Waals surface area contributed by atoms with Crippen LogP contribution >= 0.6 is 0 Å². The molecule has 4 rings (SSSR count). The Balaban J connectivity index is 1.26. The number of aromatic nitrogens is 1. The predicted molar refractivity (Wildman–Crippen MR) is 133 cm³/mol. The summed E-state index contributed by atoms with van der Waals surface area (Å²) in [5.74, 6) is -0.639. The Morgan fingerprint density at radius 3 is 2.69 bits per heavy atom. The van der Waals surface area contributed by atoms with Gasteiger partial charge in [-0.2, -0.15) is 0 Å². The van der Waals surface area contributed by atoms with Crippen molar-refractivity contribution in [2.45, 2.75) is 25.0 Å². The maximum Gasteiger partial charge on any atom is 0.337 e. The lowest BCUT2D eigenvalue weighted by Crippen LogP contribution is -2.45. The van der Waals surface area contributed by atoms with Gasteiger partial charge >= 0.3 is 5.97 Å². The van der Waals surface area contributed by atoms with Gasteiger partial charge in [0.1, 0.15) is 5.75 Å². The lowest BCUT2D eigenvalue weighted by atomic mass is 10.0. The van der Waals surface area contributed by atoms with Crippen LogP contribution in [0, 0.1) is 0 Å². The number of nitrogens with one attached hydrogen (secondary N) is 2. The molecule has 1 aliphatic heterocycles. The molecular weight excluding hydrogens is 448 g/mol. The van der Waals surface area contributed by atoms with Gasteiger partial charge in [-0.1, -0.05) is 12.1 Å². The summed E-state index contributed by atoms with van der Waals surface area (Å²) in [6.07, 6.45) is 2.74. The lowest BCUT2D eigenvalue weighted by molar-refractivity contribution is -0.115. The van der Waals surface area contributed by atoms with Gasteiger partial charge < -0.3 is 30.5 Å². The van der Waals surface area contributed by atoms with Crippen molar-refractivity contribution in [2.75, 3.05) is 38.6 Å². The molecule has 0 radical (unpaired) electrons. The number of rotatable bonds is 9. The third-order valence-corrected chi connectivity index (χ3v) is 6.34. The summed E-state index contributed by atoms with van der Waals surface area (Å²) >= 11 is 0. The van der Waals surface area contributed by atoms with Crippen LogP contribution in [0.3, 0.4) is 0 Å². The molecule has 35 heavy (non-hydrogen) atoms. The molecular formula is C26H30N4O5. The van der Waals surface area contributed by atoms with E-state index < -0.39 is 12.1 Å². The van der Waals surface area contributed by atoms with E-state index in [1.54, 1.807) is 31.5 Å². The summed E-state index contributed by atoms with van der Waals surface area (Å²) in [5, 5.41) is 27.0. The zero-order valence-electron chi connectivity index (χ0n) is 19.6. The Hall–Kier alpha value is -3.53. The van der Waals surface area contributed by atoms with E-state index in [0.29, 0.717) is 6.54 Å². The van der Waals surface area contributed by atoms with Gasteiger partial charge in [-0.05, 0) is 67.9 Å². The first-order valence-electron chi connectivity index (χ1n) is 11.6. The third kappa shape index (κ3) is 6.13. The van der Waals surface area contributed by atoms with E-state index in [1.807, 2.05) is 24.3 Å². The highest BCUT2D eigenvalue weighted by Gasteiger charge is 2.23. The first kappa shape index (κ1) is 24.6. The summed E-state index contributed by atoms with van der Waals surface area (Å²) in [6.45, 7) is 2.21. The van der Waals surface area contributed by atoms with E-state index in [2.05, 4.69) is 20.5 Å². The third-order valence-electron chi connectivity index (χ3n) is 6.34. The van der Waals surface area contributed by atoms with Gasteiger partial charge in [0.05, 0.1) is 36.5 Å². The molecule has 1 unspecified atom stereocenters. The minimum Gasteiger partial charge on any atom is -0.497 e. The smallest absolute Gasteiger partial charge is 0.337 e. The summed E-state index contributed by atoms with van der Waals surface area (Å²) in [6, 6.07) is 14.0. The molecule has 0 aliphatic carbocycles. The van der Waals surface area contributed by atoms with Gasteiger partial charge in [-0.3, -0.25) is 9.78 Å². The topological polar surface area (TPSA) is 124 Å². The second-order valence-electron chi connectivity index (χ2n) is 8.65. The molecule has 1 fully saturated rings. The summed E-state index contributed by atoms with van der Waals surface area (Å²) in [5.41, 5.74) is 1.99. The molecule has 1 atom stereocenters. The number of benzene rings is 2. The number of carboxylic acids is 1. The number of hydrogen-bond acceptors (Lipinski definition) is 7. The Bertz CT molecular complexity index is 1190. The number of aromatic carboxylic acids is 1. The van der Waals surface area contributed by atoms with Crippen LogP contribution in [0.1, 0.15) is 34.9 Å². The molecule has 9 heteroatoms. The van der Waals surface area contributed by atoms with Crippen LogP contribution in [-0.4, -0.2) is 71.3 Å². The Kier molecular flexibility index (Phi) is 7.91. The fourth-order valence-electron chi connectivity index (χ4n) is 4.44. The number of likely N-dealkylation sites (tertiary alicyclic amines) is 1. The molecule has 0 saturated carbocycles. The summed E-state index contributed by atoms with van der Waals surface area (Å²) in [7, 11) is 1.62. The molecule has 1 aromatic heterocycles. The highest BCUT2D eigenvalue weighted by Crippen LogP contribution is 2.27. The SMILES string of the molecule is COc1ccc2nccc(C(O)CN3CCC(NCC(=O)Nc4ccccc4C(=O)O)CC3)c2c1. The van der Waals surface area contributed by atoms with Crippen LogP contribution in [0.2, 0.25) is 0 Å². The number of methoxy groups -OCH3 is 1. The molecule has 4 N–H and O–H groups in total. The maximum absolute atomic E-state index is 12.3. The number of nitrogens with zero attached hydrogens (tertiary/aromatic N) is 2. The van der Waals surface area contributed by atoms with E-state index >= 15 is 0 Å². The van der Waals surface area contributed by atoms with E-state index in [-0.39, 0.29) is 29.7 Å². The quantitative estimate of drug-likeness (QED) is 0.370. The average Bonchev–Trinajstić information content (AvgIpc) is 2.87. The number of amides is 1. The Labute approximate surface area is 203 Å². The van der Waals surface area contributed by atoms with Gasteiger partial charge in [0, 0.05) is 24.2 Å². The molecule has 9 nitrogen and oxygen atoms in total. The number of hydrogen-bond donors (Lipinski definition) is 4. The van der Waals surface area contributed by atoms with Gasteiger partial charge in [-0.25, -0.2) is 4.79 Å². The van der Waals surface area contributed by atoms with Crippen molar-refractivity contribution in [1.29, 1.82) is 0 Å².